The van der Waals surface area contributed by atoms with Gasteiger partial charge in [0.05, 0.1) is 0 Å². The van der Waals surface area contributed by atoms with E-state index in [9.17, 15) is 9.59 Å². The molecular formula is C14H17NO3S2. The Morgan fingerprint density at radius 1 is 1.30 bits per heavy atom. The second-order valence-corrected chi connectivity index (χ2v) is 6.10. The van der Waals surface area contributed by atoms with Crippen LogP contribution in [0.1, 0.15) is 26.3 Å². The Morgan fingerprint density at radius 2 is 1.90 bits per heavy atom. The molecule has 0 bridgehead atoms. The summed E-state index contributed by atoms with van der Waals surface area (Å²) in [7, 11) is 0. The number of thiocarbonyl (C=S) groups is 1. The summed E-state index contributed by atoms with van der Waals surface area (Å²) in [4.78, 5) is 22.7. The maximum absolute atomic E-state index is 12.5. The number of nitrogens with one attached hydrogen (secondary N) is 1. The summed E-state index contributed by atoms with van der Waals surface area (Å²) in [6.07, 6.45) is 0. The molecule has 1 atom stereocenters. The van der Waals surface area contributed by atoms with Gasteiger partial charge in [0.15, 0.2) is 5.05 Å². The number of thioether (sulfide) groups is 1. The third kappa shape index (κ3) is 4.05. The van der Waals surface area contributed by atoms with E-state index in [1.165, 1.54) is 25.6 Å². The number of amides is 1. The predicted molar refractivity (Wildman–Crippen MR) is 84.4 cm³/mol. The molecule has 1 amide bonds. The minimum atomic E-state index is -1.28. The van der Waals surface area contributed by atoms with Crippen LogP contribution in [0.25, 0.3) is 0 Å². The van der Waals surface area contributed by atoms with Crippen LogP contribution in [0.5, 0.6) is 0 Å². The molecule has 0 aliphatic heterocycles. The number of ether oxygens (including phenoxy) is 1. The van der Waals surface area contributed by atoms with Crippen molar-refractivity contribution in [2.24, 2.45) is 0 Å². The van der Waals surface area contributed by atoms with Gasteiger partial charge in [-0.25, -0.2) is 4.79 Å². The minimum Gasteiger partial charge on any atom is -0.417 e. The summed E-state index contributed by atoms with van der Waals surface area (Å²) in [6, 6.07) is 9.00. The number of carbonyl (C=O) groups is 2. The highest BCUT2D eigenvalue weighted by atomic mass is 32.2. The zero-order valence-corrected chi connectivity index (χ0v) is 13.3. The quantitative estimate of drug-likeness (QED) is 0.515. The van der Waals surface area contributed by atoms with E-state index in [4.69, 9.17) is 17.0 Å². The fourth-order valence-corrected chi connectivity index (χ4v) is 2.95. The molecule has 0 aliphatic rings. The fourth-order valence-electron chi connectivity index (χ4n) is 1.76. The topological polar surface area (TPSA) is 55.4 Å². The van der Waals surface area contributed by atoms with Crippen LogP contribution in [0.15, 0.2) is 30.3 Å². The van der Waals surface area contributed by atoms with E-state index in [1.54, 1.807) is 24.3 Å². The van der Waals surface area contributed by atoms with Gasteiger partial charge in [0.2, 0.25) is 10.8 Å². The molecule has 1 aromatic carbocycles. The lowest BCUT2D eigenvalue weighted by molar-refractivity contribution is -0.141. The molecule has 0 heterocycles. The van der Waals surface area contributed by atoms with Gasteiger partial charge in [-0.05, 0) is 23.5 Å². The molecule has 0 aromatic heterocycles. The molecule has 108 valence electrons. The third-order valence-corrected chi connectivity index (χ3v) is 3.73. The molecule has 1 rings (SSSR count). The molecule has 0 radical (unpaired) electrons. The number of hydrogen-bond donors (Lipinski definition) is 1. The van der Waals surface area contributed by atoms with Crippen molar-refractivity contribution in [2.75, 3.05) is 5.75 Å². The van der Waals surface area contributed by atoms with Gasteiger partial charge in [0.1, 0.15) is 0 Å². The zero-order chi connectivity index (χ0) is 15.2. The molecule has 4 nitrogen and oxygen atoms in total. The molecule has 0 fully saturated rings. The van der Waals surface area contributed by atoms with Crippen LogP contribution in [0.4, 0.5) is 0 Å². The monoisotopic (exact) mass is 311 g/mol. The van der Waals surface area contributed by atoms with Crippen molar-refractivity contribution in [1.82, 2.24) is 5.32 Å². The van der Waals surface area contributed by atoms with Crippen LogP contribution < -0.4 is 5.32 Å². The first-order valence-electron chi connectivity index (χ1n) is 6.13. The average Bonchev–Trinajstić information content (AvgIpc) is 2.37. The lowest BCUT2D eigenvalue weighted by Crippen LogP contribution is -2.50. The van der Waals surface area contributed by atoms with E-state index in [0.717, 1.165) is 0 Å². The van der Waals surface area contributed by atoms with Crippen molar-refractivity contribution in [2.45, 2.75) is 25.6 Å². The number of carbonyl (C=O) groups excluding carboxylic acids is 2. The van der Waals surface area contributed by atoms with Crippen molar-refractivity contribution in [3.8, 4) is 0 Å². The molecule has 0 saturated heterocycles. The Hall–Kier alpha value is -1.40. The number of esters is 1. The smallest absolute Gasteiger partial charge is 0.353 e. The van der Waals surface area contributed by atoms with Crippen LogP contribution in [0, 0.1) is 0 Å². The summed E-state index contributed by atoms with van der Waals surface area (Å²) >= 11 is 6.11. The van der Waals surface area contributed by atoms with Gasteiger partial charge in [-0.2, -0.15) is 0 Å². The number of hydrogen-bond acceptors (Lipinski definition) is 5. The van der Waals surface area contributed by atoms with Gasteiger partial charge in [0.25, 0.3) is 0 Å². The summed E-state index contributed by atoms with van der Waals surface area (Å²) < 4.78 is 5.08. The van der Waals surface area contributed by atoms with Crippen molar-refractivity contribution in [3.05, 3.63) is 35.9 Å². The standard InChI is InChI=1S/C14H17NO3S2/c1-4-20-14(15-10(2)16,13(17)18-11(3)19)12-8-6-5-7-9-12/h5-9H,4H2,1-3H3,(H,15,16). The zero-order valence-electron chi connectivity index (χ0n) is 11.6. The number of rotatable bonds is 5. The Bertz CT molecular complexity index is 504. The number of benzene rings is 1. The van der Waals surface area contributed by atoms with Crippen LogP contribution in [0.3, 0.4) is 0 Å². The lowest BCUT2D eigenvalue weighted by Gasteiger charge is -2.31. The van der Waals surface area contributed by atoms with E-state index in [0.29, 0.717) is 11.3 Å². The second kappa shape index (κ2) is 7.40. The largest absolute Gasteiger partial charge is 0.417 e. The van der Waals surface area contributed by atoms with Crippen molar-refractivity contribution < 1.29 is 14.3 Å². The maximum atomic E-state index is 12.5. The Labute approximate surface area is 128 Å². The second-order valence-electron chi connectivity index (χ2n) is 4.04. The predicted octanol–water partition coefficient (Wildman–Crippen LogP) is 2.62. The molecule has 1 N–H and O–H groups in total. The molecule has 6 heteroatoms. The van der Waals surface area contributed by atoms with E-state index in [1.807, 2.05) is 13.0 Å². The molecule has 20 heavy (non-hydrogen) atoms. The van der Waals surface area contributed by atoms with Crippen molar-refractivity contribution in [3.63, 3.8) is 0 Å². The van der Waals surface area contributed by atoms with E-state index in [2.05, 4.69) is 5.32 Å². The van der Waals surface area contributed by atoms with E-state index in [-0.39, 0.29) is 11.0 Å². The molecule has 1 aromatic rings. The summed E-state index contributed by atoms with van der Waals surface area (Å²) in [5.74, 6) is -0.271. The summed E-state index contributed by atoms with van der Waals surface area (Å²) in [5, 5.41) is 2.83. The van der Waals surface area contributed by atoms with Gasteiger partial charge < -0.3 is 10.1 Å². The Balaban J connectivity index is 3.30. The van der Waals surface area contributed by atoms with Crippen LogP contribution in [-0.4, -0.2) is 22.7 Å². The Morgan fingerprint density at radius 3 is 2.35 bits per heavy atom. The van der Waals surface area contributed by atoms with Gasteiger partial charge in [0, 0.05) is 13.8 Å². The van der Waals surface area contributed by atoms with Crippen LogP contribution >= 0.6 is 24.0 Å². The Kier molecular flexibility index (Phi) is 6.16. The lowest BCUT2D eigenvalue weighted by atomic mass is 10.1. The highest BCUT2D eigenvalue weighted by Crippen LogP contribution is 2.35. The van der Waals surface area contributed by atoms with Gasteiger partial charge in [-0.1, -0.05) is 37.3 Å². The molecule has 0 saturated carbocycles. The van der Waals surface area contributed by atoms with Crippen LogP contribution in [0.2, 0.25) is 0 Å². The summed E-state index contributed by atoms with van der Waals surface area (Å²) in [6.45, 7) is 4.79. The molecule has 0 aliphatic carbocycles. The SMILES string of the molecule is CCSC(NC(C)=O)(C(=O)OC(C)=S)c1ccccc1. The normalized spacial score (nSPS) is 13.2. The van der Waals surface area contributed by atoms with Crippen molar-refractivity contribution in [1.29, 1.82) is 0 Å². The fraction of sp³-hybridized carbons (Fsp3) is 0.357. The van der Waals surface area contributed by atoms with E-state index >= 15 is 0 Å². The average molecular weight is 311 g/mol. The first kappa shape index (κ1) is 16.7. The maximum Gasteiger partial charge on any atom is 0.353 e. The van der Waals surface area contributed by atoms with Gasteiger partial charge >= 0.3 is 5.97 Å². The first-order valence-corrected chi connectivity index (χ1v) is 7.53. The third-order valence-electron chi connectivity index (χ3n) is 2.42. The molecule has 1 unspecified atom stereocenters. The highest BCUT2D eigenvalue weighted by molar-refractivity contribution is 8.00. The molecule has 0 spiro atoms. The van der Waals surface area contributed by atoms with E-state index < -0.39 is 10.8 Å². The first-order chi connectivity index (χ1) is 9.42. The summed E-state index contributed by atoms with van der Waals surface area (Å²) in [5.41, 5.74) is 0.656. The molecular weight excluding hydrogens is 294 g/mol. The van der Waals surface area contributed by atoms with Gasteiger partial charge in [-0.15, -0.1) is 11.8 Å². The minimum absolute atomic E-state index is 0.123. The highest BCUT2D eigenvalue weighted by Gasteiger charge is 2.43. The van der Waals surface area contributed by atoms with Crippen molar-refractivity contribution >= 4 is 40.9 Å². The van der Waals surface area contributed by atoms with Crippen LogP contribution in [-0.2, 0) is 19.2 Å². The van der Waals surface area contributed by atoms with Gasteiger partial charge in [-0.3, -0.25) is 4.79 Å².